The summed E-state index contributed by atoms with van der Waals surface area (Å²) >= 11 is 6.01. The van der Waals surface area contributed by atoms with Crippen LogP contribution >= 0.6 is 11.6 Å². The van der Waals surface area contributed by atoms with Crippen molar-refractivity contribution in [2.75, 3.05) is 11.1 Å². The van der Waals surface area contributed by atoms with E-state index < -0.39 is 0 Å². The lowest BCUT2D eigenvalue weighted by Gasteiger charge is -2.10. The average molecular weight is 267 g/mol. The van der Waals surface area contributed by atoms with Gasteiger partial charge in [-0.1, -0.05) is 37.3 Å². The lowest BCUT2D eigenvalue weighted by atomic mass is 10.0. The molecule has 0 atom stereocenters. The first-order chi connectivity index (χ1) is 8.65. The average Bonchev–Trinajstić information content (AvgIpc) is 2.83. The Morgan fingerprint density at radius 3 is 2.78 bits per heavy atom. The van der Waals surface area contributed by atoms with Crippen molar-refractivity contribution in [1.29, 1.82) is 0 Å². The van der Waals surface area contributed by atoms with E-state index in [1.165, 1.54) is 25.7 Å². The fourth-order valence-corrected chi connectivity index (χ4v) is 2.72. The van der Waals surface area contributed by atoms with Crippen molar-refractivity contribution in [3.8, 4) is 0 Å². The van der Waals surface area contributed by atoms with E-state index in [1.54, 1.807) is 18.2 Å². The molecule has 0 saturated heterocycles. The maximum Gasteiger partial charge on any atom is 0.224 e. The molecule has 98 valence electrons. The number of hydrogen-bond acceptors (Lipinski definition) is 2. The Bertz CT molecular complexity index is 428. The number of amides is 1. The predicted octanol–water partition coefficient (Wildman–Crippen LogP) is 3.83. The van der Waals surface area contributed by atoms with Gasteiger partial charge < -0.3 is 11.1 Å². The number of halogens is 1. The summed E-state index contributed by atoms with van der Waals surface area (Å²) in [6.07, 6.45) is 6.74. The normalized spacial score (nSPS) is 15.8. The molecule has 1 aliphatic carbocycles. The summed E-state index contributed by atoms with van der Waals surface area (Å²) in [5.41, 5.74) is 6.84. The summed E-state index contributed by atoms with van der Waals surface area (Å²) in [5, 5.41) is 3.32. The van der Waals surface area contributed by atoms with Gasteiger partial charge in [0.1, 0.15) is 0 Å². The Hall–Kier alpha value is -1.22. The van der Waals surface area contributed by atoms with Gasteiger partial charge >= 0.3 is 0 Å². The molecule has 2 rings (SSSR count). The molecule has 1 fully saturated rings. The summed E-state index contributed by atoms with van der Waals surface area (Å²) in [6.45, 7) is 0. The van der Waals surface area contributed by atoms with Crippen LogP contribution in [-0.2, 0) is 4.79 Å². The SMILES string of the molecule is Nc1ccc(NC(=O)CCC2CCCC2)c(Cl)c1. The quantitative estimate of drug-likeness (QED) is 0.814. The summed E-state index contributed by atoms with van der Waals surface area (Å²) < 4.78 is 0. The van der Waals surface area contributed by atoms with Crippen LogP contribution in [0, 0.1) is 5.92 Å². The molecule has 18 heavy (non-hydrogen) atoms. The lowest BCUT2D eigenvalue weighted by Crippen LogP contribution is -2.13. The van der Waals surface area contributed by atoms with Crippen LogP contribution < -0.4 is 11.1 Å². The number of carbonyl (C=O) groups is 1. The molecule has 1 saturated carbocycles. The standard InChI is InChI=1S/C14H19ClN2O/c15-12-9-11(16)6-7-13(12)17-14(18)8-5-10-3-1-2-4-10/h6-7,9-10H,1-5,8,16H2,(H,17,18). The van der Waals surface area contributed by atoms with Crippen LogP contribution in [0.25, 0.3) is 0 Å². The smallest absolute Gasteiger partial charge is 0.224 e. The summed E-state index contributed by atoms with van der Waals surface area (Å²) in [6, 6.07) is 5.12. The van der Waals surface area contributed by atoms with Gasteiger partial charge in [0.25, 0.3) is 0 Å². The molecule has 1 aliphatic rings. The number of benzene rings is 1. The molecule has 0 aliphatic heterocycles. The molecule has 3 nitrogen and oxygen atoms in total. The van der Waals surface area contributed by atoms with Crippen LogP contribution in [0.15, 0.2) is 18.2 Å². The zero-order valence-electron chi connectivity index (χ0n) is 10.4. The molecule has 1 aromatic carbocycles. The molecule has 0 bridgehead atoms. The Kier molecular flexibility index (Phi) is 4.48. The third kappa shape index (κ3) is 3.64. The van der Waals surface area contributed by atoms with Crippen molar-refractivity contribution in [3.05, 3.63) is 23.2 Å². The van der Waals surface area contributed by atoms with Crippen LogP contribution in [0.2, 0.25) is 5.02 Å². The molecule has 0 spiro atoms. The second-order valence-corrected chi connectivity index (χ2v) is 5.38. The number of nitrogens with two attached hydrogens (primary N) is 1. The van der Waals surface area contributed by atoms with Crippen LogP contribution in [0.3, 0.4) is 0 Å². The first-order valence-electron chi connectivity index (χ1n) is 6.50. The number of rotatable bonds is 4. The van der Waals surface area contributed by atoms with Crippen LogP contribution in [0.1, 0.15) is 38.5 Å². The molecule has 4 heteroatoms. The van der Waals surface area contributed by atoms with Crippen molar-refractivity contribution >= 4 is 28.9 Å². The number of hydrogen-bond donors (Lipinski definition) is 2. The largest absolute Gasteiger partial charge is 0.399 e. The molecule has 0 aromatic heterocycles. The zero-order valence-corrected chi connectivity index (χ0v) is 11.2. The van der Waals surface area contributed by atoms with Gasteiger partial charge in [-0.3, -0.25) is 4.79 Å². The summed E-state index contributed by atoms with van der Waals surface area (Å²) in [7, 11) is 0. The van der Waals surface area contributed by atoms with E-state index >= 15 is 0 Å². The molecule has 0 unspecified atom stereocenters. The maximum atomic E-state index is 11.8. The topological polar surface area (TPSA) is 55.1 Å². The predicted molar refractivity (Wildman–Crippen MR) is 75.7 cm³/mol. The molecule has 1 aromatic rings. The van der Waals surface area contributed by atoms with Gasteiger partial charge in [-0.25, -0.2) is 0 Å². The third-order valence-electron chi connectivity index (χ3n) is 3.52. The second kappa shape index (κ2) is 6.10. The summed E-state index contributed by atoms with van der Waals surface area (Å²) in [5.74, 6) is 0.770. The Morgan fingerprint density at radius 2 is 2.11 bits per heavy atom. The fraction of sp³-hybridized carbons (Fsp3) is 0.500. The van der Waals surface area contributed by atoms with Crippen LogP contribution in [0.5, 0.6) is 0 Å². The highest BCUT2D eigenvalue weighted by molar-refractivity contribution is 6.34. The van der Waals surface area contributed by atoms with E-state index in [4.69, 9.17) is 17.3 Å². The van der Waals surface area contributed by atoms with Crippen molar-refractivity contribution in [3.63, 3.8) is 0 Å². The number of nitrogen functional groups attached to an aromatic ring is 1. The molecule has 3 N–H and O–H groups in total. The summed E-state index contributed by atoms with van der Waals surface area (Å²) in [4.78, 5) is 11.8. The van der Waals surface area contributed by atoms with E-state index in [2.05, 4.69) is 5.32 Å². The van der Waals surface area contributed by atoms with Crippen molar-refractivity contribution in [1.82, 2.24) is 0 Å². The monoisotopic (exact) mass is 266 g/mol. The van der Waals surface area contributed by atoms with Crippen molar-refractivity contribution in [2.45, 2.75) is 38.5 Å². The number of anilines is 2. The van der Waals surface area contributed by atoms with Crippen molar-refractivity contribution < 1.29 is 4.79 Å². The van der Waals surface area contributed by atoms with Gasteiger partial charge in [-0.05, 0) is 30.5 Å². The minimum absolute atomic E-state index is 0.0357. The van der Waals surface area contributed by atoms with E-state index in [0.29, 0.717) is 22.8 Å². The van der Waals surface area contributed by atoms with E-state index in [9.17, 15) is 4.79 Å². The molecule has 0 heterocycles. The minimum Gasteiger partial charge on any atom is -0.399 e. The maximum absolute atomic E-state index is 11.8. The first kappa shape index (κ1) is 13.2. The highest BCUT2D eigenvalue weighted by Gasteiger charge is 2.16. The Labute approximate surface area is 113 Å². The number of nitrogens with one attached hydrogen (secondary N) is 1. The highest BCUT2D eigenvalue weighted by atomic mass is 35.5. The van der Waals surface area contributed by atoms with Gasteiger partial charge in [0.05, 0.1) is 10.7 Å². The third-order valence-corrected chi connectivity index (χ3v) is 3.83. The van der Waals surface area contributed by atoms with Gasteiger partial charge in [0.2, 0.25) is 5.91 Å². The van der Waals surface area contributed by atoms with Crippen LogP contribution in [-0.4, -0.2) is 5.91 Å². The number of carbonyl (C=O) groups excluding carboxylic acids is 1. The van der Waals surface area contributed by atoms with Crippen LogP contribution in [0.4, 0.5) is 11.4 Å². The second-order valence-electron chi connectivity index (χ2n) is 4.98. The Balaban J connectivity index is 1.82. The fourth-order valence-electron chi connectivity index (χ4n) is 2.48. The highest BCUT2D eigenvalue weighted by Crippen LogP contribution is 2.29. The molecule has 0 radical (unpaired) electrons. The minimum atomic E-state index is 0.0357. The first-order valence-corrected chi connectivity index (χ1v) is 6.88. The van der Waals surface area contributed by atoms with E-state index in [1.807, 2.05) is 0 Å². The molecular formula is C14H19ClN2O. The van der Waals surface area contributed by atoms with Gasteiger partial charge in [-0.2, -0.15) is 0 Å². The Morgan fingerprint density at radius 1 is 1.39 bits per heavy atom. The van der Waals surface area contributed by atoms with Gasteiger partial charge in [-0.15, -0.1) is 0 Å². The van der Waals surface area contributed by atoms with E-state index in [0.717, 1.165) is 12.3 Å². The van der Waals surface area contributed by atoms with Crippen molar-refractivity contribution in [2.24, 2.45) is 5.92 Å². The lowest BCUT2D eigenvalue weighted by molar-refractivity contribution is -0.116. The van der Waals surface area contributed by atoms with E-state index in [-0.39, 0.29) is 5.91 Å². The van der Waals surface area contributed by atoms with Gasteiger partial charge in [0.15, 0.2) is 0 Å². The zero-order chi connectivity index (χ0) is 13.0. The molecular weight excluding hydrogens is 248 g/mol. The molecule has 1 amide bonds. The van der Waals surface area contributed by atoms with Gasteiger partial charge in [0, 0.05) is 12.1 Å².